The molecular formula is C18H16BrClN2O3. The zero-order chi connectivity index (χ0) is 18.0. The van der Waals surface area contributed by atoms with E-state index in [0.29, 0.717) is 10.8 Å². The first-order valence-electron chi connectivity index (χ1n) is 7.69. The number of nitrogens with one attached hydrogen (secondary N) is 1. The fraction of sp³-hybridized carbons (Fsp3) is 0.222. The van der Waals surface area contributed by atoms with E-state index in [1.807, 2.05) is 24.3 Å². The molecule has 1 aliphatic heterocycles. The van der Waals surface area contributed by atoms with Crippen LogP contribution in [-0.2, 0) is 10.3 Å². The van der Waals surface area contributed by atoms with Crippen molar-refractivity contribution >= 4 is 39.5 Å². The average Bonchev–Trinajstić information content (AvgIpc) is 2.81. The van der Waals surface area contributed by atoms with E-state index in [1.165, 1.54) is 4.90 Å². The number of rotatable bonds is 5. The Balaban J connectivity index is 1.68. The predicted octanol–water partition coefficient (Wildman–Crippen LogP) is 3.95. The van der Waals surface area contributed by atoms with Gasteiger partial charge in [-0.05, 0) is 48.9 Å². The normalized spacial score (nSPS) is 19.9. The molecule has 25 heavy (non-hydrogen) atoms. The van der Waals surface area contributed by atoms with Crippen LogP contribution in [0.25, 0.3) is 0 Å². The first-order chi connectivity index (χ1) is 11.9. The van der Waals surface area contributed by atoms with Gasteiger partial charge in [-0.15, -0.1) is 0 Å². The summed E-state index contributed by atoms with van der Waals surface area (Å²) in [4.78, 5) is 26.2. The van der Waals surface area contributed by atoms with E-state index in [4.69, 9.17) is 16.3 Å². The van der Waals surface area contributed by atoms with Crippen LogP contribution in [0.2, 0.25) is 5.02 Å². The number of urea groups is 1. The van der Waals surface area contributed by atoms with Gasteiger partial charge in [-0.3, -0.25) is 9.69 Å². The van der Waals surface area contributed by atoms with Crippen molar-refractivity contribution in [2.75, 3.05) is 13.2 Å². The lowest BCUT2D eigenvalue weighted by molar-refractivity contribution is -0.131. The van der Waals surface area contributed by atoms with Crippen molar-refractivity contribution in [3.05, 3.63) is 63.6 Å². The lowest BCUT2D eigenvalue weighted by atomic mass is 9.92. The van der Waals surface area contributed by atoms with Crippen LogP contribution >= 0.6 is 27.5 Å². The number of nitrogens with zero attached hydrogens (tertiary/aromatic N) is 1. The maximum absolute atomic E-state index is 12.8. The van der Waals surface area contributed by atoms with Crippen LogP contribution < -0.4 is 10.1 Å². The third-order valence-corrected chi connectivity index (χ3v) is 4.82. The summed E-state index contributed by atoms with van der Waals surface area (Å²) in [7, 11) is 0. The molecule has 3 amide bonds. The Kier molecular flexibility index (Phi) is 5.01. The largest absolute Gasteiger partial charge is 0.492 e. The van der Waals surface area contributed by atoms with E-state index in [9.17, 15) is 9.59 Å². The first kappa shape index (κ1) is 17.8. The second-order valence-corrected chi connectivity index (χ2v) is 7.18. The molecule has 2 aromatic carbocycles. The van der Waals surface area contributed by atoms with Crippen LogP contribution in [0.3, 0.4) is 0 Å². The summed E-state index contributed by atoms with van der Waals surface area (Å²) in [5.41, 5.74) is -0.359. The third kappa shape index (κ3) is 3.65. The molecule has 3 rings (SSSR count). The highest BCUT2D eigenvalue weighted by molar-refractivity contribution is 9.10. The Morgan fingerprint density at radius 1 is 1.20 bits per heavy atom. The fourth-order valence-corrected chi connectivity index (χ4v) is 3.21. The van der Waals surface area contributed by atoms with Crippen molar-refractivity contribution in [3.8, 4) is 5.75 Å². The third-order valence-electron chi connectivity index (χ3n) is 4.07. The van der Waals surface area contributed by atoms with E-state index in [-0.39, 0.29) is 19.1 Å². The highest BCUT2D eigenvalue weighted by atomic mass is 79.9. The van der Waals surface area contributed by atoms with Crippen molar-refractivity contribution in [2.24, 2.45) is 0 Å². The summed E-state index contributed by atoms with van der Waals surface area (Å²) < 4.78 is 6.42. The second-order valence-electron chi connectivity index (χ2n) is 5.82. The quantitative estimate of drug-likeness (QED) is 0.741. The van der Waals surface area contributed by atoms with Crippen molar-refractivity contribution < 1.29 is 14.3 Å². The van der Waals surface area contributed by atoms with Crippen LogP contribution in [-0.4, -0.2) is 30.0 Å². The summed E-state index contributed by atoms with van der Waals surface area (Å²) in [6.45, 7) is 2.07. The van der Waals surface area contributed by atoms with Crippen LogP contribution in [0.15, 0.2) is 53.0 Å². The van der Waals surface area contributed by atoms with Crippen LogP contribution in [0, 0.1) is 0 Å². The summed E-state index contributed by atoms with van der Waals surface area (Å²) in [6.07, 6.45) is 0. The monoisotopic (exact) mass is 422 g/mol. The molecule has 0 aromatic heterocycles. The molecule has 0 spiro atoms. The van der Waals surface area contributed by atoms with Crippen molar-refractivity contribution in [1.29, 1.82) is 0 Å². The van der Waals surface area contributed by atoms with E-state index in [0.717, 1.165) is 10.0 Å². The van der Waals surface area contributed by atoms with E-state index in [2.05, 4.69) is 21.2 Å². The fourth-order valence-electron chi connectivity index (χ4n) is 2.68. The van der Waals surface area contributed by atoms with Gasteiger partial charge < -0.3 is 10.1 Å². The number of imide groups is 1. The molecule has 7 heteroatoms. The predicted molar refractivity (Wildman–Crippen MR) is 98.7 cm³/mol. The number of hydrogen-bond donors (Lipinski definition) is 1. The maximum atomic E-state index is 12.8. The van der Waals surface area contributed by atoms with Gasteiger partial charge in [0.25, 0.3) is 5.91 Å². The molecule has 0 unspecified atom stereocenters. The number of ether oxygens (including phenoxy) is 1. The van der Waals surface area contributed by atoms with Crippen LogP contribution in [0.1, 0.15) is 12.5 Å². The molecule has 1 heterocycles. The average molecular weight is 424 g/mol. The lowest BCUT2D eigenvalue weighted by Gasteiger charge is -2.22. The molecule has 1 N–H and O–H groups in total. The summed E-state index contributed by atoms with van der Waals surface area (Å²) >= 11 is 9.21. The minimum absolute atomic E-state index is 0.164. The number of amides is 3. The molecular weight excluding hydrogens is 408 g/mol. The molecule has 1 aliphatic rings. The molecule has 0 bridgehead atoms. The molecule has 1 saturated heterocycles. The minimum Gasteiger partial charge on any atom is -0.492 e. The number of carbonyl (C=O) groups excluding carboxylic acids is 2. The summed E-state index contributed by atoms with van der Waals surface area (Å²) in [6, 6.07) is 13.8. The Morgan fingerprint density at radius 2 is 1.92 bits per heavy atom. The number of hydrogen-bond acceptors (Lipinski definition) is 3. The van der Waals surface area contributed by atoms with E-state index >= 15 is 0 Å². The highest BCUT2D eigenvalue weighted by Crippen LogP contribution is 2.30. The van der Waals surface area contributed by atoms with Gasteiger partial charge in [0.1, 0.15) is 17.9 Å². The first-order valence-corrected chi connectivity index (χ1v) is 8.86. The SMILES string of the molecule is C[C@@]1(c2cccc(Br)c2)NC(=O)N(CCOc2ccc(Cl)cc2)C1=O. The maximum Gasteiger partial charge on any atom is 0.325 e. The standard InChI is InChI=1S/C18H16BrClN2O3/c1-18(12-3-2-4-13(19)11-12)16(23)22(17(24)21-18)9-10-25-15-7-5-14(20)6-8-15/h2-8,11H,9-10H2,1H3,(H,21,24)/t18-/m0/s1. The van der Waals surface area contributed by atoms with Crippen molar-refractivity contribution in [1.82, 2.24) is 10.2 Å². The summed E-state index contributed by atoms with van der Waals surface area (Å²) in [5, 5.41) is 3.39. The lowest BCUT2D eigenvalue weighted by Crippen LogP contribution is -2.41. The van der Waals surface area contributed by atoms with Gasteiger partial charge >= 0.3 is 6.03 Å². The van der Waals surface area contributed by atoms with Crippen LogP contribution in [0.4, 0.5) is 4.79 Å². The van der Waals surface area contributed by atoms with Gasteiger partial charge in [-0.2, -0.15) is 0 Å². The van der Waals surface area contributed by atoms with Crippen molar-refractivity contribution in [2.45, 2.75) is 12.5 Å². The van der Waals surface area contributed by atoms with Crippen LogP contribution in [0.5, 0.6) is 5.75 Å². The van der Waals surface area contributed by atoms with Gasteiger partial charge in [0.2, 0.25) is 0 Å². The second kappa shape index (κ2) is 7.06. The molecule has 5 nitrogen and oxygen atoms in total. The van der Waals surface area contributed by atoms with Gasteiger partial charge in [0.05, 0.1) is 6.54 Å². The van der Waals surface area contributed by atoms with E-state index in [1.54, 1.807) is 31.2 Å². The Bertz CT molecular complexity index is 812. The molecule has 130 valence electrons. The molecule has 0 radical (unpaired) electrons. The smallest absolute Gasteiger partial charge is 0.325 e. The Morgan fingerprint density at radius 3 is 2.60 bits per heavy atom. The molecule has 0 saturated carbocycles. The van der Waals surface area contributed by atoms with Gasteiger partial charge in [-0.25, -0.2) is 4.79 Å². The molecule has 2 aromatic rings. The zero-order valence-electron chi connectivity index (χ0n) is 13.5. The van der Waals surface area contributed by atoms with Gasteiger partial charge in [0.15, 0.2) is 0 Å². The van der Waals surface area contributed by atoms with Gasteiger partial charge in [0, 0.05) is 9.50 Å². The minimum atomic E-state index is -1.08. The number of benzene rings is 2. The topological polar surface area (TPSA) is 58.6 Å². The molecule has 1 atom stereocenters. The molecule has 0 aliphatic carbocycles. The highest BCUT2D eigenvalue weighted by Gasteiger charge is 2.48. The Labute approximate surface area is 159 Å². The number of carbonyl (C=O) groups is 2. The van der Waals surface area contributed by atoms with Gasteiger partial charge in [-0.1, -0.05) is 39.7 Å². The molecule has 1 fully saturated rings. The zero-order valence-corrected chi connectivity index (χ0v) is 15.8. The Hall–Kier alpha value is -2.05. The van der Waals surface area contributed by atoms with E-state index < -0.39 is 11.6 Å². The summed E-state index contributed by atoms with van der Waals surface area (Å²) in [5.74, 6) is 0.335. The number of halogens is 2. The van der Waals surface area contributed by atoms with Crippen molar-refractivity contribution in [3.63, 3.8) is 0 Å².